The highest BCUT2D eigenvalue weighted by Crippen LogP contribution is 2.39. The summed E-state index contributed by atoms with van der Waals surface area (Å²) in [5.41, 5.74) is 5.71. The van der Waals surface area contributed by atoms with Gasteiger partial charge in [0.15, 0.2) is 22.9 Å². The minimum atomic E-state index is -4.79. The first-order valence-corrected chi connectivity index (χ1v) is 13.0. The lowest BCUT2D eigenvalue weighted by Gasteiger charge is -2.17. The number of imidazole rings is 1. The van der Waals surface area contributed by atoms with E-state index in [2.05, 4.69) is 25.7 Å². The molecule has 1 aliphatic rings. The molecule has 4 aromatic rings. The second-order valence-corrected chi connectivity index (χ2v) is 9.82. The molecular formula is C27H26F3N9O3. The van der Waals surface area contributed by atoms with Crippen molar-refractivity contribution >= 4 is 29.5 Å². The Kier molecular flexibility index (Phi) is 7.57. The van der Waals surface area contributed by atoms with E-state index in [1.54, 1.807) is 19.1 Å². The van der Waals surface area contributed by atoms with Crippen molar-refractivity contribution in [1.29, 1.82) is 5.26 Å². The number of halogens is 3. The first kappa shape index (κ1) is 28.6. The van der Waals surface area contributed by atoms with Gasteiger partial charge in [-0.05, 0) is 37.8 Å². The number of rotatable bonds is 10. The second kappa shape index (κ2) is 11.1. The van der Waals surface area contributed by atoms with E-state index in [1.165, 1.54) is 29.9 Å². The Balaban J connectivity index is 1.52. The molecule has 0 bridgehead atoms. The van der Waals surface area contributed by atoms with Gasteiger partial charge in [-0.2, -0.15) is 23.5 Å². The fourth-order valence-corrected chi connectivity index (χ4v) is 4.68. The third kappa shape index (κ3) is 5.36. The molecule has 1 amide bonds. The van der Waals surface area contributed by atoms with Gasteiger partial charge in [0.2, 0.25) is 0 Å². The highest BCUT2D eigenvalue weighted by molar-refractivity contribution is 5.98. The van der Waals surface area contributed by atoms with Gasteiger partial charge in [0.05, 0.1) is 29.2 Å². The number of nitrogens with one attached hydrogen (secondary N) is 2. The second-order valence-electron chi connectivity index (χ2n) is 9.82. The van der Waals surface area contributed by atoms with Crippen molar-refractivity contribution < 1.29 is 27.5 Å². The number of nitrogens with two attached hydrogens (primary N) is 1. The molecule has 218 valence electrons. The number of carbonyl (C=O) groups excluding carboxylic acids is 2. The monoisotopic (exact) mass is 581 g/mol. The molecule has 3 unspecified atom stereocenters. The van der Waals surface area contributed by atoms with E-state index in [1.807, 2.05) is 6.07 Å². The lowest BCUT2D eigenvalue weighted by Crippen LogP contribution is -2.28. The third-order valence-corrected chi connectivity index (χ3v) is 7.07. The molecule has 3 atom stereocenters. The molecule has 3 aromatic heterocycles. The topological polar surface area (TPSA) is 165 Å². The highest BCUT2D eigenvalue weighted by Gasteiger charge is 2.39. The molecule has 0 radical (unpaired) electrons. The number of alkyl halides is 3. The van der Waals surface area contributed by atoms with Gasteiger partial charge < -0.3 is 21.1 Å². The van der Waals surface area contributed by atoms with E-state index >= 15 is 0 Å². The van der Waals surface area contributed by atoms with Crippen LogP contribution < -0.4 is 21.1 Å². The molecule has 1 saturated carbocycles. The Morgan fingerprint density at radius 1 is 1.36 bits per heavy atom. The Morgan fingerprint density at radius 3 is 2.76 bits per heavy atom. The minimum Gasteiger partial charge on any atom is -0.426 e. The lowest BCUT2D eigenvalue weighted by atomic mass is 10.0. The number of benzene rings is 1. The number of nitriles is 1. The molecule has 1 fully saturated rings. The Hall–Kier alpha value is -4.97. The molecule has 3 heterocycles. The van der Waals surface area contributed by atoms with Crippen LogP contribution in [-0.2, 0) is 17.4 Å². The number of fused-ring (bicyclic) bond motifs is 1. The summed E-state index contributed by atoms with van der Waals surface area (Å²) < 4.78 is 49.3. The maximum Gasteiger partial charge on any atom is 0.435 e. The van der Waals surface area contributed by atoms with Gasteiger partial charge in [-0.1, -0.05) is 6.92 Å². The molecular weight excluding hydrogens is 555 g/mol. The average Bonchev–Trinajstić information content (AvgIpc) is 3.31. The molecule has 0 spiro atoms. The smallest absolute Gasteiger partial charge is 0.426 e. The molecule has 42 heavy (non-hydrogen) atoms. The molecule has 15 heteroatoms. The van der Waals surface area contributed by atoms with Crippen molar-refractivity contribution in [3.63, 3.8) is 0 Å². The zero-order valence-electron chi connectivity index (χ0n) is 22.5. The van der Waals surface area contributed by atoms with Crippen LogP contribution in [0.15, 0.2) is 36.9 Å². The van der Waals surface area contributed by atoms with Gasteiger partial charge in [0.25, 0.3) is 12.4 Å². The number of ether oxygens (including phenoxy) is 1. The number of nitrogens with zero attached hydrogens (tertiary/aromatic N) is 6. The van der Waals surface area contributed by atoms with Crippen LogP contribution in [0, 0.1) is 17.2 Å². The maximum absolute atomic E-state index is 13.9. The summed E-state index contributed by atoms with van der Waals surface area (Å²) >= 11 is 0. The summed E-state index contributed by atoms with van der Waals surface area (Å²) in [6, 6.07) is 4.14. The summed E-state index contributed by atoms with van der Waals surface area (Å²) in [5, 5.41) is 18.7. The van der Waals surface area contributed by atoms with Crippen LogP contribution in [0.25, 0.3) is 16.9 Å². The number of amides is 1. The Morgan fingerprint density at radius 2 is 2.12 bits per heavy atom. The van der Waals surface area contributed by atoms with Crippen LogP contribution in [0.2, 0.25) is 0 Å². The van der Waals surface area contributed by atoms with Gasteiger partial charge >= 0.3 is 6.18 Å². The van der Waals surface area contributed by atoms with Crippen molar-refractivity contribution in [2.75, 3.05) is 11.9 Å². The predicted octanol–water partition coefficient (Wildman–Crippen LogP) is 3.61. The Bertz CT molecular complexity index is 1710. The number of anilines is 2. The normalized spacial score (nSPS) is 17.0. The van der Waals surface area contributed by atoms with Crippen molar-refractivity contribution in [2.24, 2.45) is 11.7 Å². The SMILES string of the molecule is CCc1c(C(=O)NCC2CC2N)ccc(Nc2nccn3c(-c4cn(C(C)C#N)nc4C(F)(F)F)cnc23)c1OC=O. The molecule has 12 nitrogen and oxygen atoms in total. The number of hydrogen-bond acceptors (Lipinski definition) is 9. The van der Waals surface area contributed by atoms with Crippen molar-refractivity contribution in [3.8, 4) is 23.1 Å². The largest absolute Gasteiger partial charge is 0.435 e. The fraction of sp³-hybridized carbons (Fsp3) is 0.333. The van der Waals surface area contributed by atoms with E-state index in [0.29, 0.717) is 24.1 Å². The van der Waals surface area contributed by atoms with E-state index in [4.69, 9.17) is 10.5 Å². The van der Waals surface area contributed by atoms with E-state index in [0.717, 1.165) is 17.3 Å². The maximum atomic E-state index is 13.9. The van der Waals surface area contributed by atoms with Gasteiger partial charge in [-0.3, -0.25) is 18.7 Å². The van der Waals surface area contributed by atoms with Gasteiger partial charge in [0, 0.05) is 42.3 Å². The van der Waals surface area contributed by atoms with Crippen LogP contribution in [0.4, 0.5) is 24.7 Å². The van der Waals surface area contributed by atoms with Crippen LogP contribution in [0.1, 0.15) is 47.9 Å². The summed E-state index contributed by atoms with van der Waals surface area (Å²) in [6.07, 6.45) is 1.60. The van der Waals surface area contributed by atoms with Gasteiger partial charge in [-0.25, -0.2) is 9.97 Å². The summed E-state index contributed by atoms with van der Waals surface area (Å²) in [4.78, 5) is 32.9. The molecule has 1 aromatic carbocycles. The number of aromatic nitrogens is 5. The zero-order valence-corrected chi connectivity index (χ0v) is 22.5. The molecule has 5 rings (SSSR count). The molecule has 1 aliphatic carbocycles. The quantitative estimate of drug-likeness (QED) is 0.237. The van der Waals surface area contributed by atoms with E-state index < -0.39 is 17.9 Å². The highest BCUT2D eigenvalue weighted by atomic mass is 19.4. The van der Waals surface area contributed by atoms with Crippen LogP contribution >= 0.6 is 0 Å². The van der Waals surface area contributed by atoms with Crippen molar-refractivity contribution in [2.45, 2.75) is 44.9 Å². The number of carbonyl (C=O) groups is 2. The van der Waals surface area contributed by atoms with E-state index in [-0.39, 0.29) is 58.5 Å². The van der Waals surface area contributed by atoms with Crippen LogP contribution in [0.3, 0.4) is 0 Å². The van der Waals surface area contributed by atoms with Crippen LogP contribution in [-0.4, -0.2) is 49.1 Å². The molecule has 0 aliphatic heterocycles. The van der Waals surface area contributed by atoms with E-state index in [9.17, 15) is 28.0 Å². The van der Waals surface area contributed by atoms with Crippen molar-refractivity contribution in [3.05, 3.63) is 53.7 Å². The summed E-state index contributed by atoms with van der Waals surface area (Å²) in [7, 11) is 0. The predicted molar refractivity (Wildman–Crippen MR) is 144 cm³/mol. The Labute approximate surface area is 237 Å². The zero-order chi connectivity index (χ0) is 30.2. The standard InChI is InChI=1S/C27H26F3N9O3/c1-3-16-17(26(41)35-10-15-8-19(15)32)4-5-20(22(16)42-13-40)36-24-25-34-11-21(38(25)7-6-33-24)18-12-39(14(2)9-31)37-23(18)27(28,29)30/h4-7,11-15,19H,3,8,10,32H2,1-2H3,(H,33,36)(H,35,41). The number of hydrogen-bond donors (Lipinski definition) is 3. The lowest BCUT2D eigenvalue weighted by molar-refractivity contribution is -0.141. The first-order chi connectivity index (χ1) is 20.1. The minimum absolute atomic E-state index is 0.0696. The third-order valence-electron chi connectivity index (χ3n) is 7.07. The van der Waals surface area contributed by atoms with Gasteiger partial charge in [0.1, 0.15) is 6.04 Å². The molecule has 0 saturated heterocycles. The average molecular weight is 582 g/mol. The molecule has 4 N–H and O–H groups in total. The first-order valence-electron chi connectivity index (χ1n) is 13.0. The fourth-order valence-electron chi connectivity index (χ4n) is 4.68. The van der Waals surface area contributed by atoms with Crippen LogP contribution in [0.5, 0.6) is 5.75 Å². The van der Waals surface area contributed by atoms with Gasteiger partial charge in [-0.15, -0.1) is 0 Å². The summed E-state index contributed by atoms with van der Waals surface area (Å²) in [5.74, 6) is 0.142. The summed E-state index contributed by atoms with van der Waals surface area (Å²) in [6.45, 7) is 3.91. The van der Waals surface area contributed by atoms with Crippen molar-refractivity contribution in [1.82, 2.24) is 29.5 Å².